The number of fused-ring (bicyclic) bond motifs is 1. The van der Waals surface area contributed by atoms with Crippen molar-refractivity contribution in [3.8, 4) is 5.69 Å². The lowest BCUT2D eigenvalue weighted by Gasteiger charge is -2.08. The van der Waals surface area contributed by atoms with Gasteiger partial charge in [0.05, 0.1) is 11.1 Å². The minimum absolute atomic E-state index is 0.761. The summed E-state index contributed by atoms with van der Waals surface area (Å²) < 4.78 is 2.13. The number of rotatable bonds is 3. The van der Waals surface area contributed by atoms with Crippen LogP contribution in [-0.2, 0) is 0 Å². The van der Waals surface area contributed by atoms with E-state index in [0.29, 0.717) is 0 Å². The molecule has 124 valence electrons. The van der Waals surface area contributed by atoms with Gasteiger partial charge >= 0.3 is 0 Å². The second kappa shape index (κ2) is 5.98. The lowest BCUT2D eigenvalue weighted by molar-refractivity contribution is 1.01. The van der Waals surface area contributed by atoms with Gasteiger partial charge in [-0.05, 0) is 50.6 Å². The van der Waals surface area contributed by atoms with E-state index in [0.717, 1.165) is 45.3 Å². The van der Waals surface area contributed by atoms with Crippen LogP contribution in [0.4, 0.5) is 11.6 Å². The Morgan fingerprint density at radius 3 is 2.52 bits per heavy atom. The molecule has 4 aromatic rings. The summed E-state index contributed by atoms with van der Waals surface area (Å²) in [6.07, 6.45) is 5.15. The van der Waals surface area contributed by atoms with Crippen LogP contribution in [0.2, 0.25) is 0 Å². The molecule has 0 aromatic carbocycles. The highest BCUT2D eigenvalue weighted by atomic mass is 15.1. The zero-order chi connectivity index (χ0) is 17.4. The molecule has 6 heteroatoms. The second-order valence-corrected chi connectivity index (χ2v) is 5.96. The van der Waals surface area contributed by atoms with Crippen molar-refractivity contribution in [2.75, 3.05) is 5.32 Å². The Balaban J connectivity index is 1.91. The Kier molecular flexibility index (Phi) is 3.65. The van der Waals surface area contributed by atoms with Crippen LogP contribution < -0.4 is 5.32 Å². The van der Waals surface area contributed by atoms with Gasteiger partial charge < -0.3 is 5.32 Å². The van der Waals surface area contributed by atoms with Gasteiger partial charge in [0.25, 0.3) is 0 Å². The van der Waals surface area contributed by atoms with Crippen LogP contribution in [0.25, 0.3) is 16.7 Å². The fraction of sp³-hybridized carbons (Fsp3) is 0.158. The number of nitrogens with zero attached hydrogens (tertiary/aromatic N) is 5. The van der Waals surface area contributed by atoms with E-state index in [1.165, 1.54) is 0 Å². The molecule has 0 fully saturated rings. The first-order valence-electron chi connectivity index (χ1n) is 8.09. The van der Waals surface area contributed by atoms with Gasteiger partial charge in [0, 0.05) is 23.8 Å². The summed E-state index contributed by atoms with van der Waals surface area (Å²) in [4.78, 5) is 17.6. The largest absolute Gasteiger partial charge is 0.324 e. The van der Waals surface area contributed by atoms with Gasteiger partial charge in [-0.2, -0.15) is 0 Å². The smallest absolute Gasteiger partial charge is 0.150 e. The van der Waals surface area contributed by atoms with Crippen LogP contribution in [0.1, 0.15) is 17.0 Å². The molecular weight excluding hydrogens is 312 g/mol. The Hall–Kier alpha value is -3.28. The molecule has 0 aliphatic heterocycles. The van der Waals surface area contributed by atoms with Gasteiger partial charge in [0.2, 0.25) is 0 Å². The molecule has 0 radical (unpaired) electrons. The normalized spacial score (nSPS) is 11.0. The minimum Gasteiger partial charge on any atom is -0.324 e. The van der Waals surface area contributed by atoms with Crippen molar-refractivity contribution in [1.29, 1.82) is 0 Å². The second-order valence-electron chi connectivity index (χ2n) is 5.96. The average molecular weight is 330 g/mol. The number of pyridine rings is 2. The molecule has 4 rings (SSSR count). The Bertz CT molecular complexity index is 1050. The molecule has 0 unspecified atom stereocenters. The topological polar surface area (TPSA) is 68.5 Å². The zero-order valence-corrected chi connectivity index (χ0v) is 14.4. The minimum atomic E-state index is 0.761. The number of hydrogen-bond donors (Lipinski definition) is 1. The SMILES string of the molecule is Cc1cccc(Nc2ncnc3c2c(C)c(C)n3-c2ccncc2)n1. The average Bonchev–Trinajstić information content (AvgIpc) is 2.88. The third-order valence-electron chi connectivity index (χ3n) is 4.35. The van der Waals surface area contributed by atoms with E-state index in [1.54, 1.807) is 18.7 Å². The highest BCUT2D eigenvalue weighted by molar-refractivity contribution is 5.94. The number of aromatic nitrogens is 5. The molecule has 0 saturated heterocycles. The van der Waals surface area contributed by atoms with Crippen molar-refractivity contribution in [2.24, 2.45) is 0 Å². The fourth-order valence-corrected chi connectivity index (χ4v) is 3.04. The summed E-state index contributed by atoms with van der Waals surface area (Å²) in [6, 6.07) is 9.83. The molecular formula is C19H18N6. The van der Waals surface area contributed by atoms with E-state index in [-0.39, 0.29) is 0 Å². The first-order chi connectivity index (χ1) is 12.1. The first-order valence-corrected chi connectivity index (χ1v) is 8.09. The summed E-state index contributed by atoms with van der Waals surface area (Å²) >= 11 is 0. The van der Waals surface area contributed by atoms with Crippen molar-refractivity contribution in [1.82, 2.24) is 24.5 Å². The highest BCUT2D eigenvalue weighted by Crippen LogP contribution is 2.32. The Labute approximate surface area is 145 Å². The molecule has 4 heterocycles. The first kappa shape index (κ1) is 15.3. The van der Waals surface area contributed by atoms with E-state index in [9.17, 15) is 0 Å². The third-order valence-corrected chi connectivity index (χ3v) is 4.35. The molecule has 6 nitrogen and oxygen atoms in total. The molecule has 0 amide bonds. The zero-order valence-electron chi connectivity index (χ0n) is 14.4. The maximum atomic E-state index is 4.53. The fourth-order valence-electron chi connectivity index (χ4n) is 3.04. The lowest BCUT2D eigenvalue weighted by Crippen LogP contribution is -2.00. The van der Waals surface area contributed by atoms with Crippen LogP contribution >= 0.6 is 0 Å². The molecule has 4 aromatic heterocycles. The predicted molar refractivity (Wildman–Crippen MR) is 98.4 cm³/mol. The van der Waals surface area contributed by atoms with Gasteiger partial charge in [0.15, 0.2) is 5.65 Å². The molecule has 1 N–H and O–H groups in total. The monoisotopic (exact) mass is 330 g/mol. The molecule has 0 saturated carbocycles. The third kappa shape index (κ3) is 2.61. The lowest BCUT2D eigenvalue weighted by atomic mass is 10.2. The highest BCUT2D eigenvalue weighted by Gasteiger charge is 2.17. The molecule has 0 spiro atoms. The standard InChI is InChI=1S/C19H18N6/c1-12-5-4-6-16(23-12)24-18-17-13(2)14(3)25(19(17)22-11-21-18)15-7-9-20-10-8-15/h4-11H,1-3H3,(H,21,22,23,24). The molecule has 0 aliphatic rings. The van der Waals surface area contributed by atoms with Crippen LogP contribution in [0, 0.1) is 20.8 Å². The van der Waals surface area contributed by atoms with Gasteiger partial charge in [-0.3, -0.25) is 9.55 Å². The molecule has 0 bridgehead atoms. The van der Waals surface area contributed by atoms with E-state index in [4.69, 9.17) is 0 Å². The molecule has 0 aliphatic carbocycles. The Morgan fingerprint density at radius 1 is 0.960 bits per heavy atom. The number of nitrogens with one attached hydrogen (secondary N) is 1. The predicted octanol–water partition coefficient (Wildman–Crippen LogP) is 3.88. The van der Waals surface area contributed by atoms with Crippen LogP contribution in [0.5, 0.6) is 0 Å². The van der Waals surface area contributed by atoms with Crippen molar-refractivity contribution < 1.29 is 0 Å². The summed E-state index contributed by atoms with van der Waals surface area (Å²) in [5.74, 6) is 1.53. The quantitative estimate of drug-likeness (QED) is 0.617. The van der Waals surface area contributed by atoms with Gasteiger partial charge in [-0.25, -0.2) is 15.0 Å². The van der Waals surface area contributed by atoms with Gasteiger partial charge in [-0.15, -0.1) is 0 Å². The maximum absolute atomic E-state index is 4.53. The summed E-state index contributed by atoms with van der Waals surface area (Å²) in [5, 5.41) is 4.33. The summed E-state index contributed by atoms with van der Waals surface area (Å²) in [6.45, 7) is 6.15. The molecule has 0 atom stereocenters. The van der Waals surface area contributed by atoms with E-state index < -0.39 is 0 Å². The van der Waals surface area contributed by atoms with Crippen molar-refractivity contribution in [2.45, 2.75) is 20.8 Å². The van der Waals surface area contributed by atoms with Gasteiger partial charge in [0.1, 0.15) is 18.0 Å². The van der Waals surface area contributed by atoms with E-state index >= 15 is 0 Å². The van der Waals surface area contributed by atoms with Crippen molar-refractivity contribution in [3.63, 3.8) is 0 Å². The summed E-state index contributed by atoms with van der Waals surface area (Å²) in [7, 11) is 0. The number of aryl methyl sites for hydroxylation is 2. The number of hydrogen-bond acceptors (Lipinski definition) is 5. The van der Waals surface area contributed by atoms with Crippen molar-refractivity contribution in [3.05, 3.63) is 66.0 Å². The number of anilines is 2. The van der Waals surface area contributed by atoms with Crippen molar-refractivity contribution >= 4 is 22.7 Å². The van der Waals surface area contributed by atoms with E-state index in [2.05, 4.69) is 43.7 Å². The summed E-state index contributed by atoms with van der Waals surface area (Å²) in [5.41, 5.74) is 5.12. The van der Waals surface area contributed by atoms with Crippen LogP contribution in [0.3, 0.4) is 0 Å². The van der Waals surface area contributed by atoms with E-state index in [1.807, 2.05) is 37.3 Å². The maximum Gasteiger partial charge on any atom is 0.150 e. The molecule has 25 heavy (non-hydrogen) atoms. The van der Waals surface area contributed by atoms with Crippen LogP contribution in [-0.4, -0.2) is 24.5 Å². The Morgan fingerprint density at radius 2 is 1.76 bits per heavy atom. The van der Waals surface area contributed by atoms with Gasteiger partial charge in [-0.1, -0.05) is 6.07 Å². The van der Waals surface area contributed by atoms with Crippen LogP contribution in [0.15, 0.2) is 49.1 Å².